The van der Waals surface area contributed by atoms with Crippen LogP contribution in [0.15, 0.2) is 0 Å². The highest BCUT2D eigenvalue weighted by Gasteiger charge is 2.47. The fraction of sp³-hybridized carbons (Fsp3) is 1.00. The molecule has 1 nitrogen and oxygen atoms in total. The zero-order valence-corrected chi connectivity index (χ0v) is 10.4. The van der Waals surface area contributed by atoms with E-state index in [-0.39, 0.29) is 0 Å². The molecule has 1 N–H and O–H groups in total. The van der Waals surface area contributed by atoms with Gasteiger partial charge < -0.3 is 5.32 Å². The fourth-order valence-corrected chi connectivity index (χ4v) is 3.56. The van der Waals surface area contributed by atoms with Gasteiger partial charge in [-0.25, -0.2) is 0 Å². The van der Waals surface area contributed by atoms with Gasteiger partial charge in [0.05, 0.1) is 6.42 Å². The third-order valence-electron chi connectivity index (χ3n) is 4.54. The molecule has 0 amide bonds. The summed E-state index contributed by atoms with van der Waals surface area (Å²) in [6.45, 7) is 1.66. The molecule has 4 heteroatoms. The zero-order valence-electron chi connectivity index (χ0n) is 10.4. The van der Waals surface area contributed by atoms with E-state index in [1.165, 1.54) is 38.5 Å². The van der Waals surface area contributed by atoms with E-state index in [0.29, 0.717) is 11.5 Å². The highest BCUT2D eigenvalue weighted by molar-refractivity contribution is 5.02. The van der Waals surface area contributed by atoms with Crippen molar-refractivity contribution in [3.8, 4) is 0 Å². The molecule has 2 atom stereocenters. The minimum absolute atomic E-state index is 0.333. The average Bonchev–Trinajstić information content (AvgIpc) is 2.23. The van der Waals surface area contributed by atoms with Gasteiger partial charge in [0.1, 0.15) is 0 Å². The molecular weight excluding hydrogens is 227 g/mol. The predicted molar refractivity (Wildman–Crippen MR) is 61.8 cm³/mol. The Balaban J connectivity index is 1.83. The normalized spacial score (nSPS) is 30.0. The Morgan fingerprint density at radius 3 is 2.29 bits per heavy atom. The molecule has 0 saturated heterocycles. The Labute approximate surface area is 101 Å². The molecule has 0 aliphatic heterocycles. The Morgan fingerprint density at radius 2 is 1.82 bits per heavy atom. The molecule has 0 aromatic heterocycles. The number of rotatable bonds is 3. The smallest absolute Gasteiger partial charge is 0.311 e. The van der Waals surface area contributed by atoms with E-state index in [2.05, 4.69) is 5.32 Å². The van der Waals surface area contributed by atoms with E-state index >= 15 is 0 Å². The van der Waals surface area contributed by atoms with Gasteiger partial charge in [-0.3, -0.25) is 0 Å². The molecule has 2 fully saturated rings. The summed E-state index contributed by atoms with van der Waals surface area (Å²) in [5.74, 6) is 0. The molecule has 0 aromatic rings. The fourth-order valence-electron chi connectivity index (χ4n) is 3.56. The lowest BCUT2D eigenvalue weighted by molar-refractivity contribution is -0.141. The molecule has 2 rings (SSSR count). The SMILES string of the molecule is CC(CC(F)(F)F)NC1CCC12CCCCC2. The number of hydrogen-bond donors (Lipinski definition) is 1. The zero-order chi connectivity index (χ0) is 12.5. The molecule has 0 bridgehead atoms. The van der Waals surface area contributed by atoms with Crippen molar-refractivity contribution < 1.29 is 13.2 Å². The van der Waals surface area contributed by atoms with Crippen LogP contribution < -0.4 is 5.32 Å². The van der Waals surface area contributed by atoms with Crippen LogP contribution in [0.4, 0.5) is 13.2 Å². The molecule has 0 radical (unpaired) electrons. The lowest BCUT2D eigenvalue weighted by atomic mass is 9.57. The van der Waals surface area contributed by atoms with Crippen LogP contribution in [0.1, 0.15) is 58.3 Å². The first-order chi connectivity index (χ1) is 7.91. The molecule has 2 unspecified atom stereocenters. The van der Waals surface area contributed by atoms with Crippen molar-refractivity contribution in [1.29, 1.82) is 0 Å². The number of hydrogen-bond acceptors (Lipinski definition) is 1. The molecule has 0 heterocycles. The van der Waals surface area contributed by atoms with Gasteiger partial charge in [-0.2, -0.15) is 13.2 Å². The standard InChI is InChI=1S/C13H22F3N/c1-10(9-13(14,15)16)17-11-5-8-12(11)6-3-2-4-7-12/h10-11,17H,2-9H2,1H3. The highest BCUT2D eigenvalue weighted by Crippen LogP contribution is 2.51. The summed E-state index contributed by atoms with van der Waals surface area (Å²) in [5.41, 5.74) is 0.345. The van der Waals surface area contributed by atoms with Crippen molar-refractivity contribution in [2.75, 3.05) is 0 Å². The third kappa shape index (κ3) is 3.15. The predicted octanol–water partition coefficient (Wildman–Crippen LogP) is 4.03. The second-order valence-electron chi connectivity index (χ2n) is 5.90. The summed E-state index contributed by atoms with van der Waals surface area (Å²) in [5, 5.41) is 3.21. The number of halogens is 3. The summed E-state index contributed by atoms with van der Waals surface area (Å²) in [6.07, 6.45) is 3.75. The Bertz CT molecular complexity index is 256. The van der Waals surface area contributed by atoms with Crippen LogP contribution in [-0.2, 0) is 0 Å². The van der Waals surface area contributed by atoms with Gasteiger partial charge in [0, 0.05) is 12.1 Å². The Kier molecular flexibility index (Phi) is 3.71. The van der Waals surface area contributed by atoms with Gasteiger partial charge in [-0.05, 0) is 38.0 Å². The molecule has 2 aliphatic carbocycles. The summed E-state index contributed by atoms with van der Waals surface area (Å²) in [7, 11) is 0. The maximum absolute atomic E-state index is 12.3. The van der Waals surface area contributed by atoms with Crippen molar-refractivity contribution in [1.82, 2.24) is 5.32 Å². The van der Waals surface area contributed by atoms with E-state index in [4.69, 9.17) is 0 Å². The van der Waals surface area contributed by atoms with Crippen molar-refractivity contribution in [3.63, 3.8) is 0 Å². The van der Waals surface area contributed by atoms with Crippen molar-refractivity contribution in [3.05, 3.63) is 0 Å². The largest absolute Gasteiger partial charge is 0.390 e. The number of nitrogens with one attached hydrogen (secondary N) is 1. The van der Waals surface area contributed by atoms with Crippen LogP contribution >= 0.6 is 0 Å². The second-order valence-corrected chi connectivity index (χ2v) is 5.90. The summed E-state index contributed by atoms with van der Waals surface area (Å²) in [4.78, 5) is 0. The van der Waals surface area contributed by atoms with Gasteiger partial charge in [-0.15, -0.1) is 0 Å². The van der Waals surface area contributed by atoms with Gasteiger partial charge in [-0.1, -0.05) is 19.3 Å². The van der Waals surface area contributed by atoms with Crippen LogP contribution in [-0.4, -0.2) is 18.3 Å². The lowest BCUT2D eigenvalue weighted by Crippen LogP contribution is -2.56. The van der Waals surface area contributed by atoms with Crippen molar-refractivity contribution >= 4 is 0 Å². The third-order valence-corrected chi connectivity index (χ3v) is 4.54. The van der Waals surface area contributed by atoms with E-state index in [1.807, 2.05) is 0 Å². The van der Waals surface area contributed by atoms with Crippen LogP contribution in [0.2, 0.25) is 0 Å². The van der Waals surface area contributed by atoms with E-state index in [0.717, 1.165) is 6.42 Å². The van der Waals surface area contributed by atoms with Crippen molar-refractivity contribution in [2.45, 2.75) is 76.6 Å². The van der Waals surface area contributed by atoms with Crippen LogP contribution in [0.3, 0.4) is 0 Å². The van der Waals surface area contributed by atoms with Gasteiger partial charge in [0.2, 0.25) is 0 Å². The molecule has 1 spiro atoms. The molecule has 2 saturated carbocycles. The summed E-state index contributed by atoms with van der Waals surface area (Å²) < 4.78 is 36.8. The first kappa shape index (κ1) is 13.2. The van der Waals surface area contributed by atoms with Crippen LogP contribution in [0.5, 0.6) is 0 Å². The molecule has 17 heavy (non-hydrogen) atoms. The Morgan fingerprint density at radius 1 is 1.18 bits per heavy atom. The highest BCUT2D eigenvalue weighted by atomic mass is 19.4. The van der Waals surface area contributed by atoms with Crippen LogP contribution in [0.25, 0.3) is 0 Å². The number of alkyl halides is 3. The molecule has 100 valence electrons. The first-order valence-electron chi connectivity index (χ1n) is 6.74. The van der Waals surface area contributed by atoms with Gasteiger partial charge in [0.25, 0.3) is 0 Å². The van der Waals surface area contributed by atoms with Crippen LogP contribution in [0, 0.1) is 5.41 Å². The summed E-state index contributed by atoms with van der Waals surface area (Å²) in [6, 6.07) is -0.112. The van der Waals surface area contributed by atoms with E-state index < -0.39 is 18.6 Å². The maximum Gasteiger partial charge on any atom is 0.390 e. The van der Waals surface area contributed by atoms with E-state index in [1.54, 1.807) is 6.92 Å². The van der Waals surface area contributed by atoms with Gasteiger partial charge in [0.15, 0.2) is 0 Å². The maximum atomic E-state index is 12.3. The van der Waals surface area contributed by atoms with Crippen molar-refractivity contribution in [2.24, 2.45) is 5.41 Å². The Hall–Kier alpha value is -0.250. The molecular formula is C13H22F3N. The molecule has 0 aromatic carbocycles. The minimum atomic E-state index is -4.05. The van der Waals surface area contributed by atoms with Gasteiger partial charge >= 0.3 is 6.18 Å². The topological polar surface area (TPSA) is 12.0 Å². The second kappa shape index (κ2) is 4.79. The lowest BCUT2D eigenvalue weighted by Gasteiger charge is -2.53. The minimum Gasteiger partial charge on any atom is -0.311 e. The first-order valence-corrected chi connectivity index (χ1v) is 6.74. The van der Waals surface area contributed by atoms with E-state index in [9.17, 15) is 13.2 Å². The summed E-state index contributed by atoms with van der Waals surface area (Å²) >= 11 is 0. The monoisotopic (exact) mass is 249 g/mol. The molecule has 2 aliphatic rings. The average molecular weight is 249 g/mol. The quantitative estimate of drug-likeness (QED) is 0.796.